The van der Waals surface area contributed by atoms with Gasteiger partial charge in [-0.2, -0.15) is 0 Å². The minimum atomic E-state index is 0.106. The Morgan fingerprint density at radius 1 is 0.512 bits per heavy atom. The quantitative estimate of drug-likeness (QED) is 0.236. The Kier molecular flexibility index (Phi) is 5.71. The van der Waals surface area contributed by atoms with Gasteiger partial charge in [0.25, 0.3) is 0 Å². The van der Waals surface area contributed by atoms with Crippen LogP contribution in [0.3, 0.4) is 0 Å². The smallest absolute Gasteiger partial charge is 0.155 e. The maximum absolute atomic E-state index is 11.3. The molecule has 7 rings (SSSR count). The summed E-state index contributed by atoms with van der Waals surface area (Å²) in [5, 5.41) is 22.5. The molecule has 41 heavy (non-hydrogen) atoms. The highest BCUT2D eigenvalue weighted by molar-refractivity contribution is 6.01. The number of nitrogens with zero attached hydrogens (tertiary/aromatic N) is 4. The standard InChI is InChI=1S/C34H24N4O3/c1-19-15-21(25-7-3-5-13-35-25)33(39)23(17-19)27-9-11-29-31(37-27)32-30(41-29)12-10-28(38-32)24-18-20(2)16-22(34(24)40)26-8-4-6-14-36-26/h3-18,39-40H,1-2H3. The molecule has 0 atom stereocenters. The van der Waals surface area contributed by atoms with Crippen molar-refractivity contribution in [2.75, 3.05) is 0 Å². The number of aromatic nitrogens is 4. The monoisotopic (exact) mass is 536 g/mol. The molecule has 7 nitrogen and oxygen atoms in total. The first-order valence-electron chi connectivity index (χ1n) is 13.2. The maximum atomic E-state index is 11.3. The molecule has 5 heterocycles. The molecular formula is C34H24N4O3. The number of furan rings is 1. The first kappa shape index (κ1) is 24.5. The highest BCUT2D eigenvalue weighted by atomic mass is 16.3. The van der Waals surface area contributed by atoms with E-state index < -0.39 is 0 Å². The lowest BCUT2D eigenvalue weighted by molar-refractivity contribution is 0.478. The lowest BCUT2D eigenvalue weighted by Crippen LogP contribution is -1.92. The molecule has 7 aromatic rings. The fourth-order valence-electron chi connectivity index (χ4n) is 5.20. The Hall–Kier alpha value is -5.56. The summed E-state index contributed by atoms with van der Waals surface area (Å²) in [5.74, 6) is 0.212. The van der Waals surface area contributed by atoms with Gasteiger partial charge in [0.2, 0.25) is 0 Å². The van der Waals surface area contributed by atoms with Crippen molar-refractivity contribution in [2.45, 2.75) is 13.8 Å². The molecule has 2 aromatic carbocycles. The summed E-state index contributed by atoms with van der Waals surface area (Å²) in [6.07, 6.45) is 3.40. The summed E-state index contributed by atoms with van der Waals surface area (Å²) in [6, 6.07) is 26.2. The lowest BCUT2D eigenvalue weighted by atomic mass is 9.99. The van der Waals surface area contributed by atoms with Gasteiger partial charge < -0.3 is 14.6 Å². The molecule has 198 valence electrons. The second-order valence-electron chi connectivity index (χ2n) is 10.0. The number of phenols is 2. The summed E-state index contributed by atoms with van der Waals surface area (Å²) in [7, 11) is 0. The van der Waals surface area contributed by atoms with Gasteiger partial charge in [-0.3, -0.25) is 9.97 Å². The van der Waals surface area contributed by atoms with Gasteiger partial charge in [-0.15, -0.1) is 0 Å². The van der Waals surface area contributed by atoms with Gasteiger partial charge in [0.1, 0.15) is 22.5 Å². The summed E-state index contributed by atoms with van der Waals surface area (Å²) in [4.78, 5) is 18.6. The van der Waals surface area contributed by atoms with Crippen molar-refractivity contribution in [3.63, 3.8) is 0 Å². The number of hydrogen-bond acceptors (Lipinski definition) is 7. The third-order valence-electron chi connectivity index (χ3n) is 7.10. The van der Waals surface area contributed by atoms with E-state index in [1.807, 2.05) is 98.8 Å². The van der Waals surface area contributed by atoms with E-state index in [-0.39, 0.29) is 11.5 Å². The summed E-state index contributed by atoms with van der Waals surface area (Å²) < 4.78 is 6.06. The molecule has 5 aromatic heterocycles. The molecular weight excluding hydrogens is 512 g/mol. The van der Waals surface area contributed by atoms with E-state index in [2.05, 4.69) is 9.97 Å². The molecule has 0 aliphatic carbocycles. The lowest BCUT2D eigenvalue weighted by Gasteiger charge is -2.11. The average molecular weight is 537 g/mol. The predicted octanol–water partition coefficient (Wildman–Crippen LogP) is 7.86. The first-order valence-corrected chi connectivity index (χ1v) is 13.2. The predicted molar refractivity (Wildman–Crippen MR) is 159 cm³/mol. The van der Waals surface area contributed by atoms with Crippen LogP contribution in [0.5, 0.6) is 11.5 Å². The van der Waals surface area contributed by atoms with Gasteiger partial charge >= 0.3 is 0 Å². The van der Waals surface area contributed by atoms with Crippen LogP contribution in [0.15, 0.2) is 102 Å². The molecule has 2 N–H and O–H groups in total. The zero-order chi connectivity index (χ0) is 28.1. The van der Waals surface area contributed by atoms with Crippen molar-refractivity contribution in [1.29, 1.82) is 0 Å². The van der Waals surface area contributed by atoms with Crippen LogP contribution in [0, 0.1) is 13.8 Å². The third-order valence-corrected chi connectivity index (χ3v) is 7.10. The van der Waals surface area contributed by atoms with Gasteiger partial charge in [0.15, 0.2) is 11.2 Å². The van der Waals surface area contributed by atoms with Crippen molar-refractivity contribution in [2.24, 2.45) is 0 Å². The van der Waals surface area contributed by atoms with Crippen molar-refractivity contribution in [3.05, 3.63) is 108 Å². The van der Waals surface area contributed by atoms with Crippen molar-refractivity contribution >= 4 is 22.2 Å². The normalized spacial score (nSPS) is 11.4. The topological polar surface area (TPSA) is 105 Å². The summed E-state index contributed by atoms with van der Waals surface area (Å²) in [6.45, 7) is 3.95. The number of phenolic OH excluding ortho intramolecular Hbond substituents is 2. The Morgan fingerprint density at radius 3 is 1.32 bits per heavy atom. The molecule has 0 radical (unpaired) electrons. The summed E-state index contributed by atoms with van der Waals surface area (Å²) >= 11 is 0. The van der Waals surface area contributed by atoms with Crippen LogP contribution < -0.4 is 0 Å². The number of aryl methyl sites for hydroxylation is 2. The van der Waals surface area contributed by atoms with Crippen LogP contribution >= 0.6 is 0 Å². The molecule has 7 heteroatoms. The molecule has 0 fully saturated rings. The number of benzene rings is 2. The van der Waals surface area contributed by atoms with Crippen molar-refractivity contribution in [3.8, 4) is 56.5 Å². The Balaban J connectivity index is 1.38. The zero-order valence-corrected chi connectivity index (χ0v) is 22.3. The van der Waals surface area contributed by atoms with E-state index in [4.69, 9.17) is 14.4 Å². The number of rotatable bonds is 4. The van der Waals surface area contributed by atoms with E-state index in [0.29, 0.717) is 67.2 Å². The molecule has 0 amide bonds. The van der Waals surface area contributed by atoms with Gasteiger partial charge in [-0.1, -0.05) is 12.1 Å². The second-order valence-corrected chi connectivity index (χ2v) is 10.0. The van der Waals surface area contributed by atoms with Gasteiger partial charge in [-0.25, -0.2) is 9.97 Å². The van der Waals surface area contributed by atoms with Crippen LogP contribution in [0.25, 0.3) is 67.2 Å². The van der Waals surface area contributed by atoms with Gasteiger partial charge in [0.05, 0.1) is 22.8 Å². The van der Waals surface area contributed by atoms with Crippen LogP contribution in [0.4, 0.5) is 0 Å². The van der Waals surface area contributed by atoms with Crippen molar-refractivity contribution < 1.29 is 14.6 Å². The minimum absolute atomic E-state index is 0.106. The Morgan fingerprint density at radius 2 is 0.927 bits per heavy atom. The summed E-state index contributed by atoms with van der Waals surface area (Å²) in [5.41, 5.74) is 9.21. The number of hydrogen-bond donors (Lipinski definition) is 2. The number of pyridine rings is 4. The molecule has 0 unspecified atom stereocenters. The maximum Gasteiger partial charge on any atom is 0.155 e. The van der Waals surface area contributed by atoms with Crippen LogP contribution in [0.2, 0.25) is 0 Å². The molecule has 0 aliphatic rings. The molecule has 0 bridgehead atoms. The van der Waals surface area contributed by atoms with E-state index in [1.165, 1.54) is 0 Å². The zero-order valence-electron chi connectivity index (χ0n) is 22.3. The van der Waals surface area contributed by atoms with E-state index >= 15 is 0 Å². The van der Waals surface area contributed by atoms with E-state index in [0.717, 1.165) is 11.1 Å². The Bertz CT molecular complexity index is 1940. The fraction of sp³-hybridized carbons (Fsp3) is 0.0588. The second kappa shape index (κ2) is 9.57. The molecule has 0 aliphatic heterocycles. The molecule has 0 spiro atoms. The van der Waals surface area contributed by atoms with E-state index in [9.17, 15) is 10.2 Å². The SMILES string of the molecule is Cc1cc(-c2ccccn2)c(O)c(-c2ccc3oc4ccc(-c5cc(C)cc(-c6ccccn6)c5O)nc4c3n2)c1. The highest BCUT2D eigenvalue weighted by Crippen LogP contribution is 2.41. The fourth-order valence-corrected chi connectivity index (χ4v) is 5.20. The van der Waals surface area contributed by atoms with Crippen LogP contribution in [-0.4, -0.2) is 30.1 Å². The third kappa shape index (κ3) is 4.24. The van der Waals surface area contributed by atoms with E-state index in [1.54, 1.807) is 12.4 Å². The average Bonchev–Trinajstić information content (AvgIpc) is 3.37. The van der Waals surface area contributed by atoms with Gasteiger partial charge in [0, 0.05) is 34.6 Å². The first-order chi connectivity index (χ1) is 20.0. The number of aromatic hydroxyl groups is 2. The van der Waals surface area contributed by atoms with Crippen molar-refractivity contribution in [1.82, 2.24) is 19.9 Å². The highest BCUT2D eigenvalue weighted by Gasteiger charge is 2.19. The molecule has 0 saturated carbocycles. The largest absolute Gasteiger partial charge is 0.507 e. The Labute approximate surface area is 235 Å². The minimum Gasteiger partial charge on any atom is -0.507 e. The molecule has 0 saturated heterocycles. The van der Waals surface area contributed by atoms with Crippen LogP contribution in [0.1, 0.15) is 11.1 Å². The number of fused-ring (bicyclic) bond motifs is 3. The van der Waals surface area contributed by atoms with Crippen LogP contribution in [-0.2, 0) is 0 Å². The van der Waals surface area contributed by atoms with Gasteiger partial charge in [-0.05, 0) is 97.8 Å².